The van der Waals surface area contributed by atoms with E-state index >= 15 is 0 Å². The molecule has 1 N–H and O–H groups in total. The fraction of sp³-hybridized carbons (Fsp3) is 0.154. The first-order valence-corrected chi connectivity index (χ1v) is 12.9. The maximum atomic E-state index is 13.7. The van der Waals surface area contributed by atoms with Gasteiger partial charge in [0.15, 0.2) is 10.6 Å². The van der Waals surface area contributed by atoms with Crippen molar-refractivity contribution in [2.24, 2.45) is 4.99 Å². The molecule has 3 heterocycles. The Labute approximate surface area is 212 Å². The summed E-state index contributed by atoms with van der Waals surface area (Å²) < 4.78 is 7.24. The minimum atomic E-state index is -0.681. The fourth-order valence-electron chi connectivity index (χ4n) is 4.86. The molecule has 180 valence electrons. The van der Waals surface area contributed by atoms with Gasteiger partial charge in [0.1, 0.15) is 0 Å². The fourth-order valence-corrected chi connectivity index (χ4v) is 6.71. The molecule has 1 atom stereocenters. The SMILES string of the molecule is COc1cc(C=c2sc3n(c2=O)C(c2cccs2)C2=C(N=3)c3ccccc3CC2)cc([N+](=O)[O-])c1O. The lowest BCUT2D eigenvalue weighted by molar-refractivity contribution is -0.386. The zero-order valence-corrected chi connectivity index (χ0v) is 20.6. The van der Waals surface area contributed by atoms with Crippen LogP contribution in [0.25, 0.3) is 11.8 Å². The van der Waals surface area contributed by atoms with E-state index in [2.05, 4.69) is 12.1 Å². The van der Waals surface area contributed by atoms with E-state index in [1.165, 1.54) is 36.1 Å². The Morgan fingerprint density at radius 2 is 2.06 bits per heavy atom. The molecule has 2 aromatic heterocycles. The largest absolute Gasteiger partial charge is 0.500 e. The van der Waals surface area contributed by atoms with Crippen LogP contribution in [-0.2, 0) is 6.42 Å². The average molecular weight is 518 g/mol. The Kier molecular flexibility index (Phi) is 5.35. The Hall–Kier alpha value is -4.02. The number of methoxy groups -OCH3 is 1. The van der Waals surface area contributed by atoms with E-state index in [1.54, 1.807) is 22.0 Å². The number of allylic oxidation sites excluding steroid dienone is 1. The van der Waals surface area contributed by atoms with Crippen LogP contribution in [0, 0.1) is 10.1 Å². The van der Waals surface area contributed by atoms with Crippen molar-refractivity contribution in [2.45, 2.75) is 18.9 Å². The summed E-state index contributed by atoms with van der Waals surface area (Å²) in [5.41, 5.74) is 4.06. The number of phenolic OH excluding ortho intramolecular Hbond substituents is 1. The van der Waals surface area contributed by atoms with Crippen molar-refractivity contribution in [2.75, 3.05) is 7.11 Å². The summed E-state index contributed by atoms with van der Waals surface area (Å²) in [7, 11) is 1.32. The lowest BCUT2D eigenvalue weighted by Gasteiger charge is -2.30. The molecule has 0 fully saturated rings. The Morgan fingerprint density at radius 3 is 2.81 bits per heavy atom. The molecule has 36 heavy (non-hydrogen) atoms. The molecule has 2 aliphatic rings. The molecule has 10 heteroatoms. The van der Waals surface area contributed by atoms with Crippen LogP contribution in [0.2, 0.25) is 0 Å². The van der Waals surface area contributed by atoms with Gasteiger partial charge >= 0.3 is 5.69 Å². The molecule has 0 bridgehead atoms. The molecule has 6 rings (SSSR count). The molecule has 1 unspecified atom stereocenters. The predicted molar refractivity (Wildman–Crippen MR) is 138 cm³/mol. The van der Waals surface area contributed by atoms with Crippen LogP contribution in [0.15, 0.2) is 69.3 Å². The molecule has 0 spiro atoms. The number of aromatic nitrogens is 1. The Balaban J connectivity index is 1.60. The zero-order valence-electron chi connectivity index (χ0n) is 19.0. The second kappa shape index (κ2) is 8.58. The minimum Gasteiger partial charge on any atom is -0.500 e. The molecule has 2 aromatic carbocycles. The van der Waals surface area contributed by atoms with Crippen molar-refractivity contribution in [1.29, 1.82) is 0 Å². The van der Waals surface area contributed by atoms with E-state index < -0.39 is 16.4 Å². The third-order valence-electron chi connectivity index (χ3n) is 6.48. The summed E-state index contributed by atoms with van der Waals surface area (Å²) in [6.45, 7) is 0. The smallest absolute Gasteiger partial charge is 0.315 e. The van der Waals surface area contributed by atoms with Crippen LogP contribution in [0.4, 0.5) is 5.69 Å². The van der Waals surface area contributed by atoms with Crippen molar-refractivity contribution < 1.29 is 14.8 Å². The lowest BCUT2D eigenvalue weighted by atomic mass is 9.85. The van der Waals surface area contributed by atoms with Gasteiger partial charge in [-0.25, -0.2) is 4.99 Å². The van der Waals surface area contributed by atoms with Crippen LogP contribution in [0.3, 0.4) is 0 Å². The van der Waals surface area contributed by atoms with Crippen molar-refractivity contribution >= 4 is 40.1 Å². The van der Waals surface area contributed by atoms with Crippen LogP contribution in [0.1, 0.15) is 34.0 Å². The molecular formula is C26H19N3O5S2. The number of fused-ring (bicyclic) bond motifs is 3. The highest BCUT2D eigenvalue weighted by atomic mass is 32.1. The number of hydrogen-bond acceptors (Lipinski definition) is 8. The number of nitro benzene ring substituents is 1. The summed E-state index contributed by atoms with van der Waals surface area (Å²) in [4.78, 5) is 31.1. The van der Waals surface area contributed by atoms with Crippen LogP contribution in [0.5, 0.6) is 11.5 Å². The van der Waals surface area contributed by atoms with E-state index in [9.17, 15) is 20.0 Å². The second-order valence-electron chi connectivity index (χ2n) is 8.48. The highest BCUT2D eigenvalue weighted by molar-refractivity contribution is 7.10. The van der Waals surface area contributed by atoms with Crippen molar-refractivity contribution in [3.8, 4) is 11.5 Å². The first-order chi connectivity index (χ1) is 17.5. The number of thiophene rings is 1. The highest BCUT2D eigenvalue weighted by Gasteiger charge is 2.33. The molecule has 0 saturated heterocycles. The summed E-state index contributed by atoms with van der Waals surface area (Å²) in [5, 5.41) is 23.6. The second-order valence-corrected chi connectivity index (χ2v) is 10.5. The standard InChI is InChI=1S/C26H19N3O5S2/c1-34-19-12-14(11-18(24(19)30)29(32)33)13-21-25(31)28-23(20-7-4-10-35-20)17-9-8-15-5-2-3-6-16(15)22(17)27-26(28)36-21/h2-7,10-13,23,30H,8-9H2,1H3. The maximum absolute atomic E-state index is 13.7. The molecule has 4 aromatic rings. The maximum Gasteiger partial charge on any atom is 0.315 e. The van der Waals surface area contributed by atoms with E-state index in [0.29, 0.717) is 14.9 Å². The topological polar surface area (TPSA) is 107 Å². The van der Waals surface area contributed by atoms with Gasteiger partial charge in [-0.2, -0.15) is 0 Å². The van der Waals surface area contributed by atoms with Gasteiger partial charge in [0.2, 0.25) is 5.75 Å². The number of aryl methyl sites for hydroxylation is 1. The number of phenols is 1. The van der Waals surface area contributed by atoms with Gasteiger partial charge in [-0.15, -0.1) is 11.3 Å². The molecule has 0 saturated carbocycles. The zero-order chi connectivity index (χ0) is 25.0. The summed E-state index contributed by atoms with van der Waals surface area (Å²) in [5.74, 6) is -0.586. The summed E-state index contributed by atoms with van der Waals surface area (Å²) in [6, 6.07) is 14.7. The summed E-state index contributed by atoms with van der Waals surface area (Å²) >= 11 is 2.85. The van der Waals surface area contributed by atoms with E-state index in [0.717, 1.165) is 34.6 Å². The van der Waals surface area contributed by atoms with E-state index in [4.69, 9.17) is 9.73 Å². The van der Waals surface area contributed by atoms with Crippen molar-refractivity contribution in [3.05, 3.63) is 111 Å². The van der Waals surface area contributed by atoms with Crippen molar-refractivity contribution in [3.63, 3.8) is 0 Å². The highest BCUT2D eigenvalue weighted by Crippen LogP contribution is 2.42. The lowest BCUT2D eigenvalue weighted by Crippen LogP contribution is -2.38. The van der Waals surface area contributed by atoms with Gasteiger partial charge < -0.3 is 9.84 Å². The van der Waals surface area contributed by atoms with Crippen LogP contribution >= 0.6 is 22.7 Å². The van der Waals surface area contributed by atoms with E-state index in [1.807, 2.05) is 29.6 Å². The number of aromatic hydroxyl groups is 1. The first-order valence-electron chi connectivity index (χ1n) is 11.2. The summed E-state index contributed by atoms with van der Waals surface area (Å²) in [6.07, 6.45) is 3.28. The number of rotatable bonds is 4. The van der Waals surface area contributed by atoms with Gasteiger partial charge in [-0.05, 0) is 53.1 Å². The van der Waals surface area contributed by atoms with Gasteiger partial charge in [-0.1, -0.05) is 41.7 Å². The number of nitrogens with zero attached hydrogens (tertiary/aromatic N) is 3. The molecule has 1 aliphatic heterocycles. The van der Waals surface area contributed by atoms with Gasteiger partial charge in [0.05, 0.1) is 28.3 Å². The Morgan fingerprint density at radius 1 is 1.22 bits per heavy atom. The predicted octanol–water partition coefficient (Wildman–Crippen LogP) is 4.00. The molecule has 0 radical (unpaired) electrons. The van der Waals surface area contributed by atoms with E-state index in [-0.39, 0.29) is 17.4 Å². The van der Waals surface area contributed by atoms with Gasteiger partial charge in [0.25, 0.3) is 5.56 Å². The minimum absolute atomic E-state index is 0.0354. The third kappa shape index (κ3) is 3.49. The normalized spacial score (nSPS) is 16.7. The third-order valence-corrected chi connectivity index (χ3v) is 8.38. The molecule has 1 aliphatic carbocycles. The monoisotopic (exact) mass is 517 g/mol. The number of benzene rings is 2. The van der Waals surface area contributed by atoms with Crippen molar-refractivity contribution in [1.82, 2.24) is 4.57 Å². The molecule has 8 nitrogen and oxygen atoms in total. The number of ether oxygens (including phenoxy) is 1. The van der Waals surface area contributed by atoms with Crippen LogP contribution in [-0.4, -0.2) is 21.7 Å². The number of nitro groups is 1. The number of thiazole rings is 1. The quantitative estimate of drug-likeness (QED) is 0.325. The number of hydrogen-bond donors (Lipinski definition) is 1. The Bertz CT molecular complexity index is 1750. The van der Waals surface area contributed by atoms with Gasteiger partial charge in [-0.3, -0.25) is 19.5 Å². The average Bonchev–Trinajstić information content (AvgIpc) is 3.52. The molecular weight excluding hydrogens is 498 g/mol. The molecule has 0 amide bonds. The van der Waals surface area contributed by atoms with Crippen LogP contribution < -0.4 is 19.6 Å². The first kappa shape index (κ1) is 22.4. The van der Waals surface area contributed by atoms with Gasteiger partial charge in [0, 0.05) is 16.5 Å².